The molecule has 0 unspecified atom stereocenters. The van der Waals surface area contributed by atoms with Crippen molar-refractivity contribution >= 4 is 43.0 Å². The van der Waals surface area contributed by atoms with E-state index >= 15 is 0 Å². The fraction of sp³-hybridized carbons (Fsp3) is 0.0952. The largest absolute Gasteiger partial charge is 0.325 e. The molecule has 0 radical (unpaired) electrons. The van der Waals surface area contributed by atoms with Crippen LogP contribution in [-0.4, -0.2) is 30.1 Å². The molecule has 7 nitrogen and oxygen atoms in total. The quantitative estimate of drug-likeness (QED) is 0.515. The first kappa shape index (κ1) is 20.0. The number of fused-ring (bicyclic) bond motifs is 1. The summed E-state index contributed by atoms with van der Waals surface area (Å²) in [5.41, 5.74) is 1.85. The average molecular weight is 440 g/mol. The van der Waals surface area contributed by atoms with E-state index in [-0.39, 0.29) is 17.0 Å². The number of carbonyl (C=O) groups excluding carboxylic acids is 1. The summed E-state index contributed by atoms with van der Waals surface area (Å²) in [6.07, 6.45) is 2.48. The van der Waals surface area contributed by atoms with Crippen molar-refractivity contribution in [3.8, 4) is 11.1 Å². The minimum atomic E-state index is -3.31. The summed E-state index contributed by atoms with van der Waals surface area (Å²) in [6.45, 7) is -0.209. The van der Waals surface area contributed by atoms with Gasteiger partial charge in [0, 0.05) is 22.9 Å². The first-order chi connectivity index (χ1) is 14.3. The number of thiophene rings is 1. The van der Waals surface area contributed by atoms with Crippen LogP contribution in [0.15, 0.2) is 76.0 Å². The summed E-state index contributed by atoms with van der Waals surface area (Å²) in [5.74, 6) is -0.415. The number of hydrogen-bond acceptors (Lipinski definition) is 6. The van der Waals surface area contributed by atoms with Gasteiger partial charge in [-0.05, 0) is 29.8 Å². The van der Waals surface area contributed by atoms with Crippen LogP contribution in [0, 0.1) is 0 Å². The van der Waals surface area contributed by atoms with E-state index in [4.69, 9.17) is 0 Å². The molecule has 4 aromatic rings. The topological polar surface area (TPSA) is 98.1 Å². The van der Waals surface area contributed by atoms with Gasteiger partial charge in [0.1, 0.15) is 11.4 Å². The van der Waals surface area contributed by atoms with Crippen molar-refractivity contribution in [2.45, 2.75) is 11.4 Å². The van der Waals surface area contributed by atoms with Crippen LogP contribution in [-0.2, 0) is 21.2 Å². The molecule has 152 valence electrons. The van der Waals surface area contributed by atoms with E-state index in [9.17, 15) is 18.0 Å². The van der Waals surface area contributed by atoms with Crippen LogP contribution in [0.5, 0.6) is 0 Å². The molecule has 0 saturated heterocycles. The zero-order valence-electron chi connectivity index (χ0n) is 15.9. The highest BCUT2D eigenvalue weighted by Gasteiger charge is 2.15. The normalized spacial score (nSPS) is 11.5. The molecule has 0 aliphatic heterocycles. The van der Waals surface area contributed by atoms with Crippen LogP contribution in [0.3, 0.4) is 0 Å². The van der Waals surface area contributed by atoms with Crippen molar-refractivity contribution < 1.29 is 13.2 Å². The van der Waals surface area contributed by atoms with E-state index in [0.717, 1.165) is 17.4 Å². The number of aromatic nitrogens is 2. The smallest absolute Gasteiger partial charge is 0.263 e. The lowest BCUT2D eigenvalue weighted by molar-refractivity contribution is -0.116. The summed E-state index contributed by atoms with van der Waals surface area (Å²) in [5, 5.41) is 5.04. The molecule has 0 bridgehead atoms. The lowest BCUT2D eigenvalue weighted by Gasteiger charge is -2.08. The van der Waals surface area contributed by atoms with Gasteiger partial charge in [-0.2, -0.15) is 0 Å². The maximum Gasteiger partial charge on any atom is 0.263 e. The summed E-state index contributed by atoms with van der Waals surface area (Å²) < 4.78 is 24.3. The highest BCUT2D eigenvalue weighted by Crippen LogP contribution is 2.30. The highest BCUT2D eigenvalue weighted by atomic mass is 32.2. The number of amides is 1. The van der Waals surface area contributed by atoms with Crippen molar-refractivity contribution in [2.75, 3.05) is 11.6 Å². The molecule has 0 saturated carbocycles. The molecule has 0 fully saturated rings. The molecule has 9 heteroatoms. The number of carbonyl (C=O) groups is 1. The summed E-state index contributed by atoms with van der Waals surface area (Å²) in [7, 11) is -3.31. The van der Waals surface area contributed by atoms with Crippen molar-refractivity contribution in [1.29, 1.82) is 0 Å². The molecule has 2 heterocycles. The molecule has 4 rings (SSSR count). The maximum absolute atomic E-state index is 13.0. The lowest BCUT2D eigenvalue weighted by atomic mass is 10.1. The van der Waals surface area contributed by atoms with E-state index in [0.29, 0.717) is 15.9 Å². The molecule has 1 N–H and O–H groups in total. The fourth-order valence-corrected chi connectivity index (χ4v) is 4.59. The third kappa shape index (κ3) is 4.03. The molecule has 2 aromatic carbocycles. The predicted molar refractivity (Wildman–Crippen MR) is 117 cm³/mol. The molecule has 2 aromatic heterocycles. The Bertz CT molecular complexity index is 1390. The number of nitrogens with zero attached hydrogens (tertiary/aromatic N) is 2. The first-order valence-electron chi connectivity index (χ1n) is 8.95. The Morgan fingerprint density at radius 1 is 1.10 bits per heavy atom. The Morgan fingerprint density at radius 3 is 2.47 bits per heavy atom. The number of rotatable bonds is 5. The third-order valence-electron chi connectivity index (χ3n) is 4.53. The molecule has 0 atom stereocenters. The van der Waals surface area contributed by atoms with Crippen molar-refractivity contribution in [3.05, 3.63) is 76.7 Å². The third-order valence-corrected chi connectivity index (χ3v) is 6.54. The van der Waals surface area contributed by atoms with E-state index in [1.54, 1.807) is 0 Å². The minimum absolute atomic E-state index is 0.164. The summed E-state index contributed by atoms with van der Waals surface area (Å²) in [6, 6.07) is 15.4. The van der Waals surface area contributed by atoms with Gasteiger partial charge < -0.3 is 5.32 Å². The van der Waals surface area contributed by atoms with Crippen molar-refractivity contribution in [2.24, 2.45) is 0 Å². The number of hydrogen-bond donors (Lipinski definition) is 1. The Hall–Kier alpha value is -3.30. The predicted octanol–water partition coefficient (Wildman–Crippen LogP) is 3.17. The van der Waals surface area contributed by atoms with E-state index in [1.807, 2.05) is 35.7 Å². The SMILES string of the molecule is CS(=O)(=O)c1ccc(NC(=O)Cn2cnc3scc(-c4ccccc4)c3c2=O)cc1. The van der Waals surface area contributed by atoms with Gasteiger partial charge in [-0.1, -0.05) is 30.3 Å². The second-order valence-electron chi connectivity index (χ2n) is 6.72. The van der Waals surface area contributed by atoms with Gasteiger partial charge >= 0.3 is 0 Å². The standard InChI is InChI=1S/C21H17N3O4S2/c1-30(27,28)16-9-7-15(8-10-16)23-18(25)11-24-13-22-20-19(21(24)26)17(12-29-20)14-5-3-2-4-6-14/h2-10,12-13H,11H2,1H3,(H,23,25). The number of benzene rings is 2. The van der Waals surface area contributed by atoms with E-state index in [1.165, 1.54) is 46.5 Å². The molecular formula is C21H17N3O4S2. The van der Waals surface area contributed by atoms with Gasteiger partial charge in [-0.25, -0.2) is 13.4 Å². The van der Waals surface area contributed by atoms with Crippen LogP contribution in [0.1, 0.15) is 0 Å². The van der Waals surface area contributed by atoms with E-state index in [2.05, 4.69) is 10.3 Å². The molecular weight excluding hydrogens is 422 g/mol. The van der Waals surface area contributed by atoms with Gasteiger partial charge in [0.05, 0.1) is 16.6 Å². The van der Waals surface area contributed by atoms with Crippen LogP contribution >= 0.6 is 11.3 Å². The first-order valence-corrected chi connectivity index (χ1v) is 11.7. The molecule has 30 heavy (non-hydrogen) atoms. The molecule has 0 aliphatic carbocycles. The molecule has 0 aliphatic rings. The number of nitrogens with one attached hydrogen (secondary N) is 1. The van der Waals surface area contributed by atoms with Gasteiger partial charge in [0.15, 0.2) is 9.84 Å². The maximum atomic E-state index is 13.0. The van der Waals surface area contributed by atoms with Crippen LogP contribution in [0.4, 0.5) is 5.69 Å². The number of anilines is 1. The Balaban J connectivity index is 1.59. The van der Waals surface area contributed by atoms with Gasteiger partial charge in [0.2, 0.25) is 5.91 Å². The zero-order chi connectivity index (χ0) is 21.3. The van der Waals surface area contributed by atoms with Crippen molar-refractivity contribution in [3.63, 3.8) is 0 Å². The second kappa shape index (κ2) is 7.85. The summed E-state index contributed by atoms with van der Waals surface area (Å²) in [4.78, 5) is 30.5. The van der Waals surface area contributed by atoms with Gasteiger partial charge in [-0.15, -0.1) is 11.3 Å². The lowest BCUT2D eigenvalue weighted by Crippen LogP contribution is -2.27. The zero-order valence-corrected chi connectivity index (χ0v) is 17.5. The highest BCUT2D eigenvalue weighted by molar-refractivity contribution is 7.90. The fourth-order valence-electron chi connectivity index (χ4n) is 3.05. The monoisotopic (exact) mass is 439 g/mol. The molecule has 0 spiro atoms. The van der Waals surface area contributed by atoms with Gasteiger partial charge in [-0.3, -0.25) is 14.2 Å². The Kier molecular flexibility index (Phi) is 5.23. The van der Waals surface area contributed by atoms with Crippen LogP contribution < -0.4 is 10.9 Å². The van der Waals surface area contributed by atoms with Crippen LogP contribution in [0.25, 0.3) is 21.3 Å². The van der Waals surface area contributed by atoms with E-state index < -0.39 is 15.7 Å². The number of sulfone groups is 1. The average Bonchev–Trinajstić information content (AvgIpc) is 3.15. The molecule has 1 amide bonds. The summed E-state index contributed by atoms with van der Waals surface area (Å²) >= 11 is 1.38. The van der Waals surface area contributed by atoms with Gasteiger partial charge in [0.25, 0.3) is 5.56 Å². The Labute approximate surface area is 176 Å². The Morgan fingerprint density at radius 2 is 1.80 bits per heavy atom. The minimum Gasteiger partial charge on any atom is -0.325 e. The van der Waals surface area contributed by atoms with Crippen molar-refractivity contribution in [1.82, 2.24) is 9.55 Å². The van der Waals surface area contributed by atoms with Crippen LogP contribution in [0.2, 0.25) is 0 Å². The second-order valence-corrected chi connectivity index (χ2v) is 9.59.